The number of aryl methyl sites for hydroxylation is 3. The third-order valence-electron chi connectivity index (χ3n) is 3.05. The van der Waals surface area contributed by atoms with Gasteiger partial charge in [0.2, 0.25) is 0 Å². The number of nitrogens with zero attached hydrogens (tertiary/aromatic N) is 2. The van der Waals surface area contributed by atoms with Crippen LogP contribution in [0.3, 0.4) is 0 Å². The van der Waals surface area contributed by atoms with Gasteiger partial charge in [0.05, 0.1) is 17.4 Å². The zero-order valence-electron chi connectivity index (χ0n) is 10.9. The first-order valence-electron chi connectivity index (χ1n) is 6.27. The van der Waals surface area contributed by atoms with Crippen molar-refractivity contribution >= 4 is 11.3 Å². The van der Waals surface area contributed by atoms with Crippen LogP contribution in [0, 0.1) is 6.92 Å². The van der Waals surface area contributed by atoms with Crippen molar-refractivity contribution in [3.63, 3.8) is 0 Å². The van der Waals surface area contributed by atoms with Gasteiger partial charge in [0.15, 0.2) is 0 Å². The maximum absolute atomic E-state index is 5.69. The molecule has 0 saturated heterocycles. The van der Waals surface area contributed by atoms with Gasteiger partial charge in [0, 0.05) is 11.4 Å². The number of hydrogen-bond acceptors (Lipinski definition) is 4. The van der Waals surface area contributed by atoms with E-state index in [1.54, 1.807) is 11.3 Å². The van der Waals surface area contributed by atoms with Crippen molar-refractivity contribution in [3.05, 3.63) is 39.8 Å². The van der Waals surface area contributed by atoms with Crippen LogP contribution in [0.15, 0.2) is 23.6 Å². The van der Waals surface area contributed by atoms with Crippen LogP contribution in [0.5, 0.6) is 0 Å². The molecule has 0 bridgehead atoms. The van der Waals surface area contributed by atoms with Crippen molar-refractivity contribution in [1.29, 1.82) is 0 Å². The first-order chi connectivity index (χ1) is 8.74. The molecule has 0 aliphatic rings. The lowest BCUT2D eigenvalue weighted by Crippen LogP contribution is -2.30. The minimum absolute atomic E-state index is 0.160. The zero-order valence-corrected chi connectivity index (χ0v) is 11.7. The fraction of sp³-hybridized carbons (Fsp3) is 0.462. The summed E-state index contributed by atoms with van der Waals surface area (Å²) in [7, 11) is 0. The monoisotopic (exact) mass is 264 g/mol. The Hall–Kier alpha value is -1.17. The highest BCUT2D eigenvalue weighted by atomic mass is 32.1. The average Bonchev–Trinajstić information content (AvgIpc) is 2.99. The summed E-state index contributed by atoms with van der Waals surface area (Å²) in [6.07, 6.45) is 2.03. The molecular weight excluding hydrogens is 244 g/mol. The van der Waals surface area contributed by atoms with Gasteiger partial charge in [-0.25, -0.2) is 0 Å². The lowest BCUT2D eigenvalue weighted by atomic mass is 10.1. The molecule has 2 heterocycles. The quantitative estimate of drug-likeness (QED) is 0.622. The SMILES string of the molecule is CCn1nc(C)cc1C(CCc1cccs1)NN. The molecule has 0 aromatic carbocycles. The van der Waals surface area contributed by atoms with Crippen molar-refractivity contribution in [2.45, 2.75) is 39.3 Å². The van der Waals surface area contributed by atoms with E-state index in [1.807, 2.05) is 11.6 Å². The van der Waals surface area contributed by atoms with E-state index in [0.717, 1.165) is 25.1 Å². The Morgan fingerprint density at radius 3 is 3.00 bits per heavy atom. The Kier molecular flexibility index (Phi) is 4.52. The molecule has 2 aromatic rings. The maximum atomic E-state index is 5.69. The molecule has 0 spiro atoms. The van der Waals surface area contributed by atoms with Gasteiger partial charge in [-0.3, -0.25) is 16.0 Å². The molecule has 0 fully saturated rings. The molecular formula is C13H20N4S. The summed E-state index contributed by atoms with van der Waals surface area (Å²) in [5.41, 5.74) is 5.13. The van der Waals surface area contributed by atoms with Crippen LogP contribution in [-0.2, 0) is 13.0 Å². The number of nitrogens with two attached hydrogens (primary N) is 1. The Morgan fingerprint density at radius 2 is 2.39 bits per heavy atom. The first kappa shape index (κ1) is 13.3. The van der Waals surface area contributed by atoms with Gasteiger partial charge in [-0.1, -0.05) is 6.07 Å². The molecule has 98 valence electrons. The smallest absolute Gasteiger partial charge is 0.0632 e. The van der Waals surface area contributed by atoms with E-state index in [9.17, 15) is 0 Å². The third-order valence-corrected chi connectivity index (χ3v) is 3.99. The summed E-state index contributed by atoms with van der Waals surface area (Å²) < 4.78 is 2.02. The molecule has 0 aliphatic heterocycles. The Labute approximate surface area is 112 Å². The number of hydrogen-bond donors (Lipinski definition) is 2. The topological polar surface area (TPSA) is 55.9 Å². The average molecular weight is 264 g/mol. The van der Waals surface area contributed by atoms with E-state index in [2.05, 4.69) is 41.0 Å². The van der Waals surface area contributed by atoms with Crippen LogP contribution < -0.4 is 11.3 Å². The van der Waals surface area contributed by atoms with Crippen LogP contribution in [0.1, 0.15) is 35.7 Å². The molecule has 5 heteroatoms. The normalized spacial score (nSPS) is 12.8. The fourth-order valence-corrected chi connectivity index (χ4v) is 2.88. The number of hydrazine groups is 1. The van der Waals surface area contributed by atoms with Gasteiger partial charge in [-0.2, -0.15) is 5.10 Å². The number of thiophene rings is 1. The summed E-state index contributed by atoms with van der Waals surface area (Å²) in [4.78, 5) is 1.40. The molecule has 0 saturated carbocycles. The Balaban J connectivity index is 2.07. The summed E-state index contributed by atoms with van der Waals surface area (Å²) in [5, 5.41) is 6.58. The second kappa shape index (κ2) is 6.13. The van der Waals surface area contributed by atoms with Crippen LogP contribution >= 0.6 is 11.3 Å². The Morgan fingerprint density at radius 1 is 1.56 bits per heavy atom. The van der Waals surface area contributed by atoms with Gasteiger partial charge in [-0.15, -0.1) is 11.3 Å². The predicted octanol–water partition coefficient (Wildman–Crippen LogP) is 2.41. The lowest BCUT2D eigenvalue weighted by molar-refractivity contribution is 0.467. The van der Waals surface area contributed by atoms with Crippen LogP contribution in [0.4, 0.5) is 0 Å². The highest BCUT2D eigenvalue weighted by Crippen LogP contribution is 2.21. The Bertz CT molecular complexity index is 475. The molecule has 0 amide bonds. The van der Waals surface area contributed by atoms with Crippen molar-refractivity contribution in [3.8, 4) is 0 Å². The maximum Gasteiger partial charge on any atom is 0.0632 e. The van der Waals surface area contributed by atoms with E-state index in [0.29, 0.717) is 0 Å². The second-order valence-electron chi connectivity index (χ2n) is 4.36. The standard InChI is InChI=1S/C13H20N4S/c1-3-17-13(9-10(2)16-17)12(15-14)7-6-11-5-4-8-18-11/h4-5,8-9,12,15H,3,6-7,14H2,1-2H3. The van der Waals surface area contributed by atoms with Crippen LogP contribution in [0.2, 0.25) is 0 Å². The molecule has 3 N–H and O–H groups in total. The molecule has 0 radical (unpaired) electrons. The second-order valence-corrected chi connectivity index (χ2v) is 5.40. The van der Waals surface area contributed by atoms with E-state index in [4.69, 9.17) is 5.84 Å². The summed E-state index contributed by atoms with van der Waals surface area (Å²) in [5.74, 6) is 5.69. The fourth-order valence-electron chi connectivity index (χ4n) is 2.16. The molecule has 4 nitrogen and oxygen atoms in total. The van der Waals surface area contributed by atoms with Gasteiger partial charge in [0.25, 0.3) is 0 Å². The summed E-state index contributed by atoms with van der Waals surface area (Å²) in [6.45, 7) is 4.99. The van der Waals surface area contributed by atoms with Crippen molar-refractivity contribution in [2.24, 2.45) is 5.84 Å². The van der Waals surface area contributed by atoms with Crippen LogP contribution in [-0.4, -0.2) is 9.78 Å². The van der Waals surface area contributed by atoms with E-state index >= 15 is 0 Å². The number of aromatic nitrogens is 2. The molecule has 1 atom stereocenters. The largest absolute Gasteiger partial charge is 0.271 e. The number of nitrogens with one attached hydrogen (secondary N) is 1. The minimum Gasteiger partial charge on any atom is -0.271 e. The highest BCUT2D eigenvalue weighted by molar-refractivity contribution is 7.09. The highest BCUT2D eigenvalue weighted by Gasteiger charge is 2.15. The van der Waals surface area contributed by atoms with Crippen molar-refractivity contribution < 1.29 is 0 Å². The summed E-state index contributed by atoms with van der Waals surface area (Å²) in [6, 6.07) is 6.53. The van der Waals surface area contributed by atoms with E-state index in [-0.39, 0.29) is 6.04 Å². The molecule has 2 rings (SSSR count). The lowest BCUT2D eigenvalue weighted by Gasteiger charge is -2.16. The van der Waals surface area contributed by atoms with Crippen LogP contribution in [0.25, 0.3) is 0 Å². The van der Waals surface area contributed by atoms with E-state index in [1.165, 1.54) is 10.6 Å². The molecule has 18 heavy (non-hydrogen) atoms. The first-order valence-corrected chi connectivity index (χ1v) is 7.15. The van der Waals surface area contributed by atoms with E-state index < -0.39 is 0 Å². The molecule has 0 aliphatic carbocycles. The minimum atomic E-state index is 0.160. The molecule has 2 aromatic heterocycles. The van der Waals surface area contributed by atoms with Gasteiger partial charge in [-0.05, 0) is 44.2 Å². The summed E-state index contributed by atoms with van der Waals surface area (Å²) >= 11 is 1.79. The van der Waals surface area contributed by atoms with Crippen molar-refractivity contribution in [2.75, 3.05) is 0 Å². The third kappa shape index (κ3) is 2.98. The zero-order chi connectivity index (χ0) is 13.0. The predicted molar refractivity (Wildman–Crippen MR) is 75.3 cm³/mol. The van der Waals surface area contributed by atoms with Gasteiger partial charge >= 0.3 is 0 Å². The van der Waals surface area contributed by atoms with Crippen molar-refractivity contribution in [1.82, 2.24) is 15.2 Å². The van der Waals surface area contributed by atoms with Gasteiger partial charge in [0.1, 0.15) is 0 Å². The van der Waals surface area contributed by atoms with Gasteiger partial charge < -0.3 is 0 Å². The number of rotatable bonds is 6. The molecule has 1 unspecified atom stereocenters.